The summed E-state index contributed by atoms with van der Waals surface area (Å²) in [5, 5.41) is 2.16. The Hall–Kier alpha value is -1.60. The SMILES string of the molecule is C=CCOCC(NC(=O)C(F)(F)F)c1ccc(Cl)cn1. The molecule has 1 heterocycles. The molecule has 0 spiro atoms. The summed E-state index contributed by atoms with van der Waals surface area (Å²) in [4.78, 5) is 14.9. The maximum Gasteiger partial charge on any atom is 0.471 e. The zero-order valence-corrected chi connectivity index (χ0v) is 11.0. The highest BCUT2D eigenvalue weighted by Crippen LogP contribution is 2.19. The van der Waals surface area contributed by atoms with Crippen LogP contribution in [-0.2, 0) is 9.53 Å². The van der Waals surface area contributed by atoms with Crippen LogP contribution in [0.2, 0.25) is 5.02 Å². The van der Waals surface area contributed by atoms with Gasteiger partial charge in [-0.05, 0) is 12.1 Å². The number of nitrogens with one attached hydrogen (secondary N) is 1. The van der Waals surface area contributed by atoms with E-state index < -0.39 is 18.1 Å². The van der Waals surface area contributed by atoms with Crippen LogP contribution in [0.5, 0.6) is 0 Å². The Morgan fingerprint density at radius 3 is 2.75 bits per heavy atom. The molecule has 0 saturated heterocycles. The van der Waals surface area contributed by atoms with Crippen molar-refractivity contribution in [3.63, 3.8) is 0 Å². The number of ether oxygens (including phenoxy) is 1. The van der Waals surface area contributed by atoms with Crippen LogP contribution in [-0.4, -0.2) is 30.3 Å². The molecule has 0 bridgehead atoms. The molecule has 0 aliphatic rings. The molecule has 1 rings (SSSR count). The van der Waals surface area contributed by atoms with Crippen molar-refractivity contribution in [3.8, 4) is 0 Å². The van der Waals surface area contributed by atoms with E-state index in [-0.39, 0.29) is 18.9 Å². The Bertz CT molecular complexity index is 463. The third-order valence-corrected chi connectivity index (χ3v) is 2.41. The predicted octanol–water partition coefficient (Wildman–Crippen LogP) is 2.66. The molecule has 0 aliphatic heterocycles. The molecule has 1 aromatic heterocycles. The van der Waals surface area contributed by atoms with E-state index >= 15 is 0 Å². The van der Waals surface area contributed by atoms with Gasteiger partial charge >= 0.3 is 12.1 Å². The van der Waals surface area contributed by atoms with Crippen LogP contribution in [0.1, 0.15) is 11.7 Å². The van der Waals surface area contributed by atoms with Gasteiger partial charge in [0.05, 0.1) is 30.0 Å². The Morgan fingerprint density at radius 1 is 1.55 bits per heavy atom. The Kier molecular flexibility index (Phi) is 5.97. The van der Waals surface area contributed by atoms with Gasteiger partial charge in [0.1, 0.15) is 0 Å². The molecule has 1 aromatic rings. The number of hydrogen-bond donors (Lipinski definition) is 1. The lowest BCUT2D eigenvalue weighted by molar-refractivity contribution is -0.174. The van der Waals surface area contributed by atoms with Crippen LogP contribution in [0.15, 0.2) is 31.0 Å². The van der Waals surface area contributed by atoms with Crippen molar-refractivity contribution >= 4 is 17.5 Å². The summed E-state index contributed by atoms with van der Waals surface area (Å²) >= 11 is 5.65. The third kappa shape index (κ3) is 5.18. The molecular formula is C12H12ClF3N2O2. The fourth-order valence-corrected chi connectivity index (χ4v) is 1.42. The van der Waals surface area contributed by atoms with Gasteiger partial charge in [-0.3, -0.25) is 9.78 Å². The Balaban J connectivity index is 2.82. The van der Waals surface area contributed by atoms with Crippen molar-refractivity contribution in [1.29, 1.82) is 0 Å². The van der Waals surface area contributed by atoms with Crippen LogP contribution < -0.4 is 5.32 Å². The highest BCUT2D eigenvalue weighted by Gasteiger charge is 2.40. The number of pyridine rings is 1. The van der Waals surface area contributed by atoms with Crippen LogP contribution in [0, 0.1) is 0 Å². The summed E-state index contributed by atoms with van der Waals surface area (Å²) in [5.74, 6) is -2.05. The van der Waals surface area contributed by atoms with Gasteiger partial charge in [-0.1, -0.05) is 17.7 Å². The number of nitrogens with zero attached hydrogens (tertiary/aromatic N) is 1. The number of hydrogen-bond acceptors (Lipinski definition) is 3. The van der Waals surface area contributed by atoms with E-state index in [1.165, 1.54) is 24.4 Å². The Morgan fingerprint density at radius 2 is 2.25 bits per heavy atom. The van der Waals surface area contributed by atoms with Gasteiger partial charge in [0.2, 0.25) is 0 Å². The lowest BCUT2D eigenvalue weighted by Crippen LogP contribution is -2.41. The number of rotatable bonds is 6. The van der Waals surface area contributed by atoms with Crippen LogP contribution in [0.4, 0.5) is 13.2 Å². The average molecular weight is 309 g/mol. The molecule has 1 atom stereocenters. The maximum atomic E-state index is 12.3. The first-order chi connectivity index (χ1) is 9.34. The molecule has 1 N–H and O–H groups in total. The molecule has 8 heteroatoms. The second-order valence-electron chi connectivity index (χ2n) is 3.75. The largest absolute Gasteiger partial charge is 0.471 e. The number of amides is 1. The number of halogens is 4. The zero-order valence-electron chi connectivity index (χ0n) is 10.3. The second kappa shape index (κ2) is 7.25. The van der Waals surface area contributed by atoms with E-state index in [1.807, 2.05) is 5.32 Å². The fourth-order valence-electron chi connectivity index (χ4n) is 1.30. The van der Waals surface area contributed by atoms with Crippen molar-refractivity contribution in [2.24, 2.45) is 0 Å². The van der Waals surface area contributed by atoms with E-state index in [1.54, 1.807) is 0 Å². The van der Waals surface area contributed by atoms with E-state index in [4.69, 9.17) is 16.3 Å². The first kappa shape index (κ1) is 16.5. The minimum atomic E-state index is -4.97. The van der Waals surface area contributed by atoms with Crippen molar-refractivity contribution in [1.82, 2.24) is 10.3 Å². The van der Waals surface area contributed by atoms with Crippen molar-refractivity contribution < 1.29 is 22.7 Å². The molecule has 0 saturated carbocycles. The van der Waals surface area contributed by atoms with Crippen molar-refractivity contribution in [2.45, 2.75) is 12.2 Å². The molecule has 0 aliphatic carbocycles. The van der Waals surface area contributed by atoms with Gasteiger partial charge in [0.25, 0.3) is 0 Å². The molecular weight excluding hydrogens is 297 g/mol. The molecule has 20 heavy (non-hydrogen) atoms. The van der Waals surface area contributed by atoms with Crippen LogP contribution in [0.25, 0.3) is 0 Å². The first-order valence-corrected chi connectivity index (χ1v) is 5.90. The van der Waals surface area contributed by atoms with Gasteiger partial charge in [-0.2, -0.15) is 13.2 Å². The van der Waals surface area contributed by atoms with E-state index in [0.29, 0.717) is 5.02 Å². The molecule has 1 unspecified atom stereocenters. The number of carbonyl (C=O) groups is 1. The monoisotopic (exact) mass is 308 g/mol. The zero-order chi connectivity index (χ0) is 15.2. The lowest BCUT2D eigenvalue weighted by Gasteiger charge is -2.19. The molecule has 110 valence electrons. The second-order valence-corrected chi connectivity index (χ2v) is 4.19. The van der Waals surface area contributed by atoms with Gasteiger partial charge in [-0.25, -0.2) is 0 Å². The summed E-state index contributed by atoms with van der Waals surface area (Å²) < 4.78 is 41.9. The summed E-state index contributed by atoms with van der Waals surface area (Å²) in [6.07, 6.45) is -2.25. The average Bonchev–Trinajstić information content (AvgIpc) is 2.37. The smallest absolute Gasteiger partial charge is 0.375 e. The standard InChI is InChI=1S/C12H12ClF3N2O2/c1-2-5-20-7-10(18-11(19)12(14,15)16)9-4-3-8(13)6-17-9/h2-4,6,10H,1,5,7H2,(H,18,19). The van der Waals surface area contributed by atoms with E-state index in [0.717, 1.165) is 0 Å². The summed E-state index contributed by atoms with van der Waals surface area (Å²) in [6.45, 7) is 3.40. The third-order valence-electron chi connectivity index (χ3n) is 2.19. The molecule has 1 amide bonds. The maximum absolute atomic E-state index is 12.3. The van der Waals surface area contributed by atoms with E-state index in [2.05, 4.69) is 11.6 Å². The minimum absolute atomic E-state index is 0.145. The number of carbonyl (C=O) groups excluding carboxylic acids is 1. The van der Waals surface area contributed by atoms with Crippen LogP contribution in [0.3, 0.4) is 0 Å². The molecule has 0 fully saturated rings. The highest BCUT2D eigenvalue weighted by molar-refractivity contribution is 6.30. The first-order valence-electron chi connectivity index (χ1n) is 5.52. The number of alkyl halides is 3. The normalized spacial score (nSPS) is 12.8. The van der Waals surface area contributed by atoms with Gasteiger partial charge in [-0.15, -0.1) is 6.58 Å². The fraction of sp³-hybridized carbons (Fsp3) is 0.333. The molecule has 0 aromatic carbocycles. The van der Waals surface area contributed by atoms with Crippen molar-refractivity contribution in [3.05, 3.63) is 41.7 Å². The summed E-state index contributed by atoms with van der Waals surface area (Å²) in [5.41, 5.74) is 0.219. The highest BCUT2D eigenvalue weighted by atomic mass is 35.5. The summed E-state index contributed by atoms with van der Waals surface area (Å²) in [6, 6.07) is 1.85. The topological polar surface area (TPSA) is 51.2 Å². The van der Waals surface area contributed by atoms with Crippen LogP contribution >= 0.6 is 11.6 Å². The number of aromatic nitrogens is 1. The van der Waals surface area contributed by atoms with Gasteiger partial charge < -0.3 is 10.1 Å². The predicted molar refractivity (Wildman–Crippen MR) is 67.2 cm³/mol. The quantitative estimate of drug-likeness (QED) is 0.649. The minimum Gasteiger partial charge on any atom is -0.375 e. The molecule has 0 radical (unpaired) electrons. The summed E-state index contributed by atoms with van der Waals surface area (Å²) in [7, 11) is 0. The lowest BCUT2D eigenvalue weighted by atomic mass is 10.2. The van der Waals surface area contributed by atoms with Crippen molar-refractivity contribution in [2.75, 3.05) is 13.2 Å². The Labute approximate surface area is 118 Å². The van der Waals surface area contributed by atoms with E-state index in [9.17, 15) is 18.0 Å². The molecule has 4 nitrogen and oxygen atoms in total. The van der Waals surface area contributed by atoms with Gasteiger partial charge in [0.15, 0.2) is 0 Å². The van der Waals surface area contributed by atoms with Gasteiger partial charge in [0, 0.05) is 6.20 Å².